The third kappa shape index (κ3) is 2.51. The summed E-state index contributed by atoms with van der Waals surface area (Å²) in [6.45, 7) is 1.74. The Balaban J connectivity index is 1.71. The lowest BCUT2D eigenvalue weighted by molar-refractivity contribution is 0.164. The molecule has 1 atom stereocenters. The van der Waals surface area contributed by atoms with Crippen LogP contribution in [-0.2, 0) is 15.8 Å². The first-order valence-electron chi connectivity index (χ1n) is 6.62. The Morgan fingerprint density at radius 3 is 2.70 bits per heavy atom. The molecule has 0 aliphatic carbocycles. The minimum atomic E-state index is -3.32. The molecule has 1 N–H and O–H groups in total. The maximum absolute atomic E-state index is 12.4. The van der Waals surface area contributed by atoms with Gasteiger partial charge in [0.05, 0.1) is 11.8 Å². The van der Waals surface area contributed by atoms with Crippen LogP contribution in [0.5, 0.6) is 0 Å². The summed E-state index contributed by atoms with van der Waals surface area (Å²) in [4.78, 5) is 13.2. The number of hydrogen-bond donors (Lipinski definition) is 1. The fourth-order valence-electron chi connectivity index (χ4n) is 2.70. The lowest BCUT2D eigenvalue weighted by Crippen LogP contribution is -2.53. The highest BCUT2D eigenvalue weighted by atomic mass is 32.2. The first-order chi connectivity index (χ1) is 9.56. The van der Waals surface area contributed by atoms with Gasteiger partial charge >= 0.3 is 6.03 Å². The van der Waals surface area contributed by atoms with E-state index in [-0.39, 0.29) is 17.8 Å². The lowest BCUT2D eigenvalue weighted by atomic mass is 10.2. The van der Waals surface area contributed by atoms with Gasteiger partial charge in [-0.05, 0) is 5.56 Å². The molecule has 0 saturated carbocycles. The molecule has 108 valence electrons. The van der Waals surface area contributed by atoms with Gasteiger partial charge in [-0.15, -0.1) is 0 Å². The number of hydrogen-bond acceptors (Lipinski definition) is 3. The van der Waals surface area contributed by atoms with E-state index in [0.29, 0.717) is 26.2 Å². The summed E-state index contributed by atoms with van der Waals surface area (Å²) >= 11 is 0. The Hall–Kier alpha value is -1.60. The van der Waals surface area contributed by atoms with E-state index in [1.807, 2.05) is 30.3 Å². The number of benzene rings is 1. The molecule has 0 bridgehead atoms. The van der Waals surface area contributed by atoms with Crippen molar-refractivity contribution < 1.29 is 13.2 Å². The Morgan fingerprint density at radius 1 is 1.20 bits per heavy atom. The topological polar surface area (TPSA) is 69.7 Å². The van der Waals surface area contributed by atoms with Gasteiger partial charge in [0.2, 0.25) is 10.0 Å². The van der Waals surface area contributed by atoms with Crippen LogP contribution in [0.25, 0.3) is 0 Å². The predicted molar refractivity (Wildman–Crippen MR) is 74.5 cm³/mol. The number of amides is 2. The molecule has 6 nitrogen and oxygen atoms in total. The maximum atomic E-state index is 12.4. The number of carbonyl (C=O) groups is 1. The summed E-state index contributed by atoms with van der Waals surface area (Å²) in [5.74, 6) is 0.0158. The summed E-state index contributed by atoms with van der Waals surface area (Å²) in [7, 11) is -3.32. The summed E-state index contributed by atoms with van der Waals surface area (Å²) < 4.78 is 26.4. The molecule has 0 radical (unpaired) electrons. The van der Waals surface area contributed by atoms with Gasteiger partial charge in [-0.3, -0.25) is 0 Å². The molecule has 7 heteroatoms. The highest BCUT2D eigenvalue weighted by Crippen LogP contribution is 2.19. The van der Waals surface area contributed by atoms with Gasteiger partial charge in [0.25, 0.3) is 0 Å². The zero-order valence-corrected chi connectivity index (χ0v) is 11.8. The van der Waals surface area contributed by atoms with E-state index in [0.717, 1.165) is 5.56 Å². The summed E-state index contributed by atoms with van der Waals surface area (Å²) in [6.07, 6.45) is 0. The molecule has 2 aliphatic rings. The third-order valence-electron chi connectivity index (χ3n) is 3.78. The maximum Gasteiger partial charge on any atom is 0.317 e. The molecule has 2 heterocycles. The predicted octanol–water partition coefficient (Wildman–Crippen LogP) is 0.226. The van der Waals surface area contributed by atoms with Crippen LogP contribution in [0.4, 0.5) is 4.79 Å². The molecular weight excluding hydrogens is 278 g/mol. The van der Waals surface area contributed by atoms with Crippen LogP contribution in [0, 0.1) is 0 Å². The minimum absolute atomic E-state index is 0.0158. The van der Waals surface area contributed by atoms with E-state index in [1.54, 1.807) is 4.90 Å². The second kappa shape index (κ2) is 5.06. The van der Waals surface area contributed by atoms with Crippen LogP contribution >= 0.6 is 0 Å². The molecule has 20 heavy (non-hydrogen) atoms. The smallest absolute Gasteiger partial charge is 0.317 e. The normalized spacial score (nSPS) is 23.5. The van der Waals surface area contributed by atoms with E-state index in [1.165, 1.54) is 4.31 Å². The van der Waals surface area contributed by atoms with Gasteiger partial charge in [-0.2, -0.15) is 4.31 Å². The van der Waals surface area contributed by atoms with Crippen molar-refractivity contribution in [2.24, 2.45) is 0 Å². The van der Waals surface area contributed by atoms with Gasteiger partial charge < -0.3 is 10.2 Å². The number of nitrogens with one attached hydrogen (secondary N) is 1. The second-order valence-corrected chi connectivity index (χ2v) is 7.10. The van der Waals surface area contributed by atoms with Crippen LogP contribution in [0.1, 0.15) is 5.56 Å². The summed E-state index contributed by atoms with van der Waals surface area (Å²) in [6, 6.07) is 9.04. The fourth-order valence-corrected chi connectivity index (χ4v) is 4.26. The van der Waals surface area contributed by atoms with Crippen molar-refractivity contribution >= 4 is 16.1 Å². The van der Waals surface area contributed by atoms with Crippen LogP contribution in [0.3, 0.4) is 0 Å². The summed E-state index contributed by atoms with van der Waals surface area (Å²) in [5.41, 5.74) is 0.788. The van der Waals surface area contributed by atoms with Gasteiger partial charge in [-0.25, -0.2) is 13.2 Å². The van der Waals surface area contributed by atoms with Crippen LogP contribution in [-0.4, -0.2) is 55.9 Å². The Kier molecular flexibility index (Phi) is 3.39. The van der Waals surface area contributed by atoms with Crippen LogP contribution in [0.15, 0.2) is 30.3 Å². The van der Waals surface area contributed by atoms with E-state index in [9.17, 15) is 13.2 Å². The van der Waals surface area contributed by atoms with E-state index >= 15 is 0 Å². The first-order valence-corrected chi connectivity index (χ1v) is 8.23. The highest BCUT2D eigenvalue weighted by Gasteiger charge is 2.39. The lowest BCUT2D eigenvalue weighted by Gasteiger charge is -2.35. The van der Waals surface area contributed by atoms with E-state index < -0.39 is 10.0 Å². The van der Waals surface area contributed by atoms with E-state index in [4.69, 9.17) is 0 Å². The molecule has 1 aromatic rings. The number of carbonyl (C=O) groups excluding carboxylic acids is 1. The monoisotopic (exact) mass is 295 g/mol. The standard InChI is InChI=1S/C13H17N3O3S/c17-13-14-8-12-9-15(6-7-16(12)13)20(18,19)10-11-4-2-1-3-5-11/h1-5,12H,6-10H2,(H,14,17)/t12-/m0/s1. The molecule has 1 aromatic carbocycles. The van der Waals surface area contributed by atoms with Gasteiger partial charge in [0, 0.05) is 26.2 Å². The van der Waals surface area contributed by atoms with Crippen molar-refractivity contribution in [2.45, 2.75) is 11.8 Å². The molecule has 0 aromatic heterocycles. The number of rotatable bonds is 3. The van der Waals surface area contributed by atoms with Crippen molar-refractivity contribution in [1.82, 2.24) is 14.5 Å². The molecule has 2 saturated heterocycles. The second-order valence-electron chi connectivity index (χ2n) is 5.13. The molecule has 3 rings (SSSR count). The van der Waals surface area contributed by atoms with Crippen molar-refractivity contribution in [1.29, 1.82) is 0 Å². The molecule has 2 fully saturated rings. The zero-order valence-electron chi connectivity index (χ0n) is 11.0. The van der Waals surface area contributed by atoms with E-state index in [2.05, 4.69) is 5.32 Å². The van der Waals surface area contributed by atoms with Crippen molar-refractivity contribution in [2.75, 3.05) is 26.2 Å². The highest BCUT2D eigenvalue weighted by molar-refractivity contribution is 7.88. The molecule has 0 spiro atoms. The number of fused-ring (bicyclic) bond motifs is 1. The largest absolute Gasteiger partial charge is 0.336 e. The van der Waals surface area contributed by atoms with Crippen molar-refractivity contribution in [3.8, 4) is 0 Å². The van der Waals surface area contributed by atoms with Gasteiger partial charge in [0.1, 0.15) is 0 Å². The molecular formula is C13H17N3O3S. The van der Waals surface area contributed by atoms with Crippen LogP contribution < -0.4 is 5.32 Å². The molecule has 0 unspecified atom stereocenters. The number of nitrogens with zero attached hydrogens (tertiary/aromatic N) is 2. The number of urea groups is 1. The quantitative estimate of drug-likeness (QED) is 0.867. The molecule has 2 aliphatic heterocycles. The Bertz CT molecular complexity index is 603. The molecule has 2 amide bonds. The SMILES string of the molecule is O=C1NC[C@H]2CN(S(=O)(=O)Cc3ccccc3)CCN12. The Morgan fingerprint density at radius 2 is 1.95 bits per heavy atom. The van der Waals surface area contributed by atoms with Crippen molar-refractivity contribution in [3.05, 3.63) is 35.9 Å². The fraction of sp³-hybridized carbons (Fsp3) is 0.462. The first kappa shape index (κ1) is 13.4. The average molecular weight is 295 g/mol. The minimum Gasteiger partial charge on any atom is -0.336 e. The third-order valence-corrected chi connectivity index (χ3v) is 5.60. The Labute approximate surface area is 118 Å². The van der Waals surface area contributed by atoms with Crippen molar-refractivity contribution in [3.63, 3.8) is 0 Å². The average Bonchev–Trinajstić information content (AvgIpc) is 2.81. The van der Waals surface area contributed by atoms with Gasteiger partial charge in [-0.1, -0.05) is 30.3 Å². The zero-order chi connectivity index (χ0) is 14.2. The number of piperazine rings is 1. The summed E-state index contributed by atoms with van der Waals surface area (Å²) in [5, 5.41) is 2.75. The van der Waals surface area contributed by atoms with Crippen LogP contribution in [0.2, 0.25) is 0 Å². The number of sulfonamides is 1. The van der Waals surface area contributed by atoms with Gasteiger partial charge in [0.15, 0.2) is 0 Å².